The van der Waals surface area contributed by atoms with E-state index in [1.54, 1.807) is 0 Å². The van der Waals surface area contributed by atoms with Gasteiger partial charge in [0.25, 0.3) is 0 Å². The highest BCUT2D eigenvalue weighted by Gasteiger charge is 2.36. The molecule has 0 saturated heterocycles. The number of aromatic nitrogens is 1. The van der Waals surface area contributed by atoms with Crippen LogP contribution in [0.25, 0.3) is 0 Å². The van der Waals surface area contributed by atoms with Crippen LogP contribution in [-0.4, -0.2) is 22.0 Å². The van der Waals surface area contributed by atoms with Crippen LogP contribution < -0.4 is 5.32 Å². The molecule has 0 bridgehead atoms. The average molecular weight is 226 g/mol. The van der Waals surface area contributed by atoms with Crippen LogP contribution >= 0.6 is 0 Å². The highest BCUT2D eigenvalue weighted by atomic mass is 19.1. The van der Waals surface area contributed by atoms with Crippen molar-refractivity contribution in [2.45, 2.75) is 13.8 Å². The molecule has 1 amide bonds. The maximum Gasteiger partial charge on any atom is 0.318 e. The number of anilines is 1. The molecule has 0 aliphatic carbocycles. The van der Waals surface area contributed by atoms with Gasteiger partial charge in [-0.15, -0.1) is 0 Å². The zero-order valence-electron chi connectivity index (χ0n) is 8.82. The molecule has 0 spiro atoms. The summed E-state index contributed by atoms with van der Waals surface area (Å²) in [6.45, 7) is 2.54. The van der Waals surface area contributed by atoms with Gasteiger partial charge in [0.1, 0.15) is 17.1 Å². The maximum absolute atomic E-state index is 12.5. The van der Waals surface area contributed by atoms with Crippen LogP contribution in [0.3, 0.4) is 0 Å². The van der Waals surface area contributed by atoms with E-state index in [4.69, 9.17) is 5.11 Å². The monoisotopic (exact) mass is 226 g/mol. The lowest BCUT2D eigenvalue weighted by molar-refractivity contribution is -0.151. The average Bonchev–Trinajstić information content (AvgIpc) is 2.21. The standard InChI is InChI=1S/C10H11FN2O3/c1-10(2,9(15)16)8(14)13-7-4-3-6(11)5-12-7/h3-5H,1-2H3,(H,15,16)(H,12,13,14). The largest absolute Gasteiger partial charge is 0.480 e. The van der Waals surface area contributed by atoms with Gasteiger partial charge in [-0.1, -0.05) is 0 Å². The second kappa shape index (κ2) is 4.26. The number of hydrogen-bond acceptors (Lipinski definition) is 3. The van der Waals surface area contributed by atoms with Gasteiger partial charge in [-0.05, 0) is 26.0 Å². The van der Waals surface area contributed by atoms with Crippen LogP contribution in [0.4, 0.5) is 10.2 Å². The minimum Gasteiger partial charge on any atom is -0.480 e. The first kappa shape index (κ1) is 12.1. The Morgan fingerprint density at radius 1 is 1.44 bits per heavy atom. The highest BCUT2D eigenvalue weighted by Crippen LogP contribution is 2.17. The van der Waals surface area contributed by atoms with Gasteiger partial charge in [0.2, 0.25) is 5.91 Å². The number of nitrogens with zero attached hydrogens (tertiary/aromatic N) is 1. The summed E-state index contributed by atoms with van der Waals surface area (Å²) in [5.74, 6) is -2.37. The van der Waals surface area contributed by atoms with Gasteiger partial charge in [-0.2, -0.15) is 0 Å². The molecule has 0 radical (unpaired) electrons. The van der Waals surface area contributed by atoms with E-state index in [9.17, 15) is 14.0 Å². The maximum atomic E-state index is 12.5. The van der Waals surface area contributed by atoms with Gasteiger partial charge in [-0.25, -0.2) is 9.37 Å². The van der Waals surface area contributed by atoms with Crippen molar-refractivity contribution < 1.29 is 19.1 Å². The summed E-state index contributed by atoms with van der Waals surface area (Å²) >= 11 is 0. The van der Waals surface area contributed by atoms with Crippen molar-refractivity contribution in [3.8, 4) is 0 Å². The van der Waals surface area contributed by atoms with Crippen LogP contribution in [0.15, 0.2) is 18.3 Å². The summed E-state index contributed by atoms with van der Waals surface area (Å²) in [4.78, 5) is 25.9. The van der Waals surface area contributed by atoms with Crippen molar-refractivity contribution in [3.05, 3.63) is 24.1 Å². The van der Waals surface area contributed by atoms with Crippen LogP contribution in [-0.2, 0) is 9.59 Å². The molecular formula is C10H11FN2O3. The minimum absolute atomic E-state index is 0.112. The second-order valence-electron chi connectivity index (χ2n) is 3.75. The molecule has 6 heteroatoms. The number of halogens is 1. The first-order valence-corrected chi connectivity index (χ1v) is 4.50. The van der Waals surface area contributed by atoms with Crippen LogP contribution in [0.2, 0.25) is 0 Å². The number of rotatable bonds is 3. The van der Waals surface area contributed by atoms with Crippen molar-refractivity contribution in [2.24, 2.45) is 5.41 Å². The smallest absolute Gasteiger partial charge is 0.318 e. The molecule has 1 heterocycles. The second-order valence-corrected chi connectivity index (χ2v) is 3.75. The van der Waals surface area contributed by atoms with Crippen molar-refractivity contribution in [3.63, 3.8) is 0 Å². The van der Waals surface area contributed by atoms with E-state index < -0.39 is 23.1 Å². The zero-order chi connectivity index (χ0) is 12.3. The predicted octanol–water partition coefficient (Wildman–Crippen LogP) is 1.27. The van der Waals surface area contributed by atoms with Crippen molar-refractivity contribution in [1.82, 2.24) is 4.98 Å². The zero-order valence-corrected chi connectivity index (χ0v) is 8.82. The fourth-order valence-electron chi connectivity index (χ4n) is 0.819. The number of pyridine rings is 1. The fraction of sp³-hybridized carbons (Fsp3) is 0.300. The number of aliphatic carboxylic acids is 1. The molecule has 0 unspecified atom stereocenters. The Morgan fingerprint density at radius 3 is 2.50 bits per heavy atom. The molecule has 1 aromatic rings. The van der Waals surface area contributed by atoms with Crippen molar-refractivity contribution in [1.29, 1.82) is 0 Å². The molecule has 5 nitrogen and oxygen atoms in total. The van der Waals surface area contributed by atoms with Crippen molar-refractivity contribution >= 4 is 17.7 Å². The lowest BCUT2D eigenvalue weighted by atomic mass is 9.93. The third-order valence-corrected chi connectivity index (χ3v) is 2.07. The van der Waals surface area contributed by atoms with Gasteiger partial charge in [0, 0.05) is 0 Å². The molecule has 0 aromatic carbocycles. The summed E-state index contributed by atoms with van der Waals surface area (Å²) in [6.07, 6.45) is 0.934. The molecule has 0 aliphatic heterocycles. The number of carboxylic acids is 1. The molecule has 1 aromatic heterocycles. The molecule has 0 saturated carbocycles. The molecule has 86 valence electrons. The molecule has 0 fully saturated rings. The van der Waals surface area contributed by atoms with Gasteiger partial charge in [0.15, 0.2) is 0 Å². The summed E-state index contributed by atoms with van der Waals surface area (Å²) in [7, 11) is 0. The molecule has 16 heavy (non-hydrogen) atoms. The van der Waals surface area contributed by atoms with E-state index in [1.165, 1.54) is 19.9 Å². The predicted molar refractivity (Wildman–Crippen MR) is 54.2 cm³/mol. The Labute approximate surface area is 91.3 Å². The topological polar surface area (TPSA) is 79.3 Å². The lowest BCUT2D eigenvalue weighted by Crippen LogP contribution is -2.38. The number of nitrogens with one attached hydrogen (secondary N) is 1. The summed E-state index contributed by atoms with van der Waals surface area (Å²) in [6, 6.07) is 2.38. The number of hydrogen-bond donors (Lipinski definition) is 2. The minimum atomic E-state index is -1.56. The van der Waals surface area contributed by atoms with Crippen molar-refractivity contribution in [2.75, 3.05) is 5.32 Å². The third-order valence-electron chi connectivity index (χ3n) is 2.07. The van der Waals surface area contributed by atoms with E-state index >= 15 is 0 Å². The van der Waals surface area contributed by atoms with Crippen LogP contribution in [0, 0.1) is 11.2 Å². The van der Waals surface area contributed by atoms with Crippen LogP contribution in [0.5, 0.6) is 0 Å². The molecular weight excluding hydrogens is 215 g/mol. The van der Waals surface area contributed by atoms with E-state index in [0.717, 1.165) is 12.3 Å². The summed E-state index contributed by atoms with van der Waals surface area (Å²) in [5.41, 5.74) is -1.56. The van der Waals surface area contributed by atoms with Gasteiger partial charge >= 0.3 is 5.97 Å². The summed E-state index contributed by atoms with van der Waals surface area (Å²) < 4.78 is 12.5. The SMILES string of the molecule is CC(C)(C(=O)O)C(=O)Nc1ccc(F)cn1. The number of carboxylic acid groups (broad SMARTS) is 1. The fourth-order valence-corrected chi connectivity index (χ4v) is 0.819. The number of carbonyl (C=O) groups is 2. The van der Waals surface area contributed by atoms with E-state index in [1.807, 2.05) is 0 Å². The van der Waals surface area contributed by atoms with E-state index in [-0.39, 0.29) is 5.82 Å². The molecule has 0 aliphatic rings. The van der Waals surface area contributed by atoms with E-state index in [0.29, 0.717) is 0 Å². The first-order chi connectivity index (χ1) is 7.34. The van der Waals surface area contributed by atoms with Gasteiger partial charge in [0.05, 0.1) is 6.20 Å². The normalized spacial score (nSPS) is 10.9. The number of amides is 1. The Balaban J connectivity index is 2.79. The van der Waals surface area contributed by atoms with Gasteiger partial charge in [-0.3, -0.25) is 9.59 Å². The van der Waals surface area contributed by atoms with Crippen LogP contribution in [0.1, 0.15) is 13.8 Å². The van der Waals surface area contributed by atoms with Gasteiger partial charge < -0.3 is 10.4 Å². The lowest BCUT2D eigenvalue weighted by Gasteiger charge is -2.17. The summed E-state index contributed by atoms with van der Waals surface area (Å²) in [5, 5.41) is 11.1. The molecule has 1 rings (SSSR count). The Kier molecular flexibility index (Phi) is 3.22. The Morgan fingerprint density at radius 2 is 2.06 bits per heavy atom. The molecule has 0 atom stereocenters. The Hall–Kier alpha value is -1.98. The highest BCUT2D eigenvalue weighted by molar-refractivity contribution is 6.07. The molecule has 2 N–H and O–H groups in total. The Bertz CT molecular complexity index is 415. The van der Waals surface area contributed by atoms with E-state index in [2.05, 4.69) is 10.3 Å². The quantitative estimate of drug-likeness (QED) is 0.760. The third kappa shape index (κ3) is 2.53. The first-order valence-electron chi connectivity index (χ1n) is 4.50. The number of carbonyl (C=O) groups excluding carboxylic acids is 1.